The number of hydrogen-bond donors (Lipinski definition) is 0. The van der Waals surface area contributed by atoms with Gasteiger partial charge in [-0.25, -0.2) is 0 Å². The molecular weight excluding hydrogens is 344 g/mol. The molecule has 0 aliphatic heterocycles. The highest BCUT2D eigenvalue weighted by Crippen LogP contribution is 2.24. The molecule has 0 saturated heterocycles. The highest BCUT2D eigenvalue weighted by Gasteiger charge is 2.14. The van der Waals surface area contributed by atoms with Crippen molar-refractivity contribution in [2.45, 2.75) is 13.5 Å². The molecule has 0 atom stereocenters. The van der Waals surface area contributed by atoms with Gasteiger partial charge in [0, 0.05) is 10.6 Å². The highest BCUT2D eigenvalue weighted by molar-refractivity contribution is 7.16. The molecule has 2 heterocycles. The summed E-state index contributed by atoms with van der Waals surface area (Å²) >= 11 is 7.51. The number of fused-ring (bicyclic) bond motifs is 1. The molecular formula is C17H13ClN4OS. The minimum Gasteiger partial charge on any atom is -0.486 e. The third-order valence-electron chi connectivity index (χ3n) is 3.47. The number of benzene rings is 2. The van der Waals surface area contributed by atoms with Crippen LogP contribution in [0.4, 0.5) is 0 Å². The van der Waals surface area contributed by atoms with E-state index in [1.807, 2.05) is 55.5 Å². The summed E-state index contributed by atoms with van der Waals surface area (Å²) in [7, 11) is 0. The molecule has 0 N–H and O–H groups in total. The first-order valence-electron chi connectivity index (χ1n) is 7.35. The van der Waals surface area contributed by atoms with Crippen LogP contribution >= 0.6 is 22.9 Å². The molecule has 2 aromatic heterocycles. The van der Waals surface area contributed by atoms with Gasteiger partial charge in [0.1, 0.15) is 12.4 Å². The maximum absolute atomic E-state index is 6.05. The van der Waals surface area contributed by atoms with E-state index in [4.69, 9.17) is 16.3 Å². The molecule has 2 aromatic carbocycles. The molecule has 0 spiro atoms. The Labute approximate surface area is 147 Å². The fraction of sp³-hybridized carbons (Fsp3) is 0.118. The van der Waals surface area contributed by atoms with Crippen LogP contribution in [0, 0.1) is 6.92 Å². The molecule has 0 radical (unpaired) electrons. The van der Waals surface area contributed by atoms with E-state index in [1.165, 1.54) is 11.3 Å². The van der Waals surface area contributed by atoms with Crippen LogP contribution in [0.2, 0.25) is 5.02 Å². The van der Waals surface area contributed by atoms with Gasteiger partial charge in [0.2, 0.25) is 4.96 Å². The average molecular weight is 357 g/mol. The average Bonchev–Trinajstić information content (AvgIpc) is 3.13. The zero-order valence-electron chi connectivity index (χ0n) is 12.8. The van der Waals surface area contributed by atoms with Crippen LogP contribution < -0.4 is 4.74 Å². The Balaban J connectivity index is 1.60. The van der Waals surface area contributed by atoms with Crippen molar-refractivity contribution in [1.29, 1.82) is 0 Å². The summed E-state index contributed by atoms with van der Waals surface area (Å²) in [4.78, 5) is 0.729. The minimum absolute atomic E-state index is 0.395. The fourth-order valence-corrected chi connectivity index (χ4v) is 3.31. The van der Waals surface area contributed by atoms with Gasteiger partial charge in [0.25, 0.3) is 0 Å². The van der Waals surface area contributed by atoms with Crippen LogP contribution in [-0.2, 0) is 6.61 Å². The van der Waals surface area contributed by atoms with Gasteiger partial charge in [0.05, 0.1) is 0 Å². The van der Waals surface area contributed by atoms with Crippen molar-refractivity contribution in [1.82, 2.24) is 19.8 Å². The molecule has 4 aromatic rings. The summed E-state index contributed by atoms with van der Waals surface area (Å²) < 4.78 is 7.53. The van der Waals surface area contributed by atoms with E-state index < -0.39 is 0 Å². The zero-order chi connectivity index (χ0) is 16.5. The lowest BCUT2D eigenvalue weighted by atomic mass is 10.2. The Morgan fingerprint density at radius 3 is 2.83 bits per heavy atom. The Kier molecular flexibility index (Phi) is 3.92. The molecule has 120 valence electrons. The van der Waals surface area contributed by atoms with E-state index in [-0.39, 0.29) is 0 Å². The first-order chi connectivity index (χ1) is 11.7. The van der Waals surface area contributed by atoms with Gasteiger partial charge in [-0.05, 0) is 36.8 Å². The quantitative estimate of drug-likeness (QED) is 0.544. The van der Waals surface area contributed by atoms with Crippen molar-refractivity contribution >= 4 is 27.9 Å². The second-order valence-corrected chi connectivity index (χ2v) is 6.81. The van der Waals surface area contributed by atoms with Gasteiger partial charge in [-0.15, -0.1) is 10.2 Å². The van der Waals surface area contributed by atoms with Crippen molar-refractivity contribution < 1.29 is 4.74 Å². The Bertz CT molecular complexity index is 1010. The SMILES string of the molecule is Cc1cccc(OCc2nn3c(-c4cccc(Cl)c4)nnc3s2)c1. The minimum atomic E-state index is 0.395. The molecule has 24 heavy (non-hydrogen) atoms. The fourth-order valence-electron chi connectivity index (χ4n) is 2.37. The third-order valence-corrected chi connectivity index (χ3v) is 4.57. The number of rotatable bonds is 4. The van der Waals surface area contributed by atoms with Gasteiger partial charge >= 0.3 is 0 Å². The van der Waals surface area contributed by atoms with E-state index in [1.54, 1.807) is 4.52 Å². The van der Waals surface area contributed by atoms with Crippen molar-refractivity contribution in [3.05, 3.63) is 64.1 Å². The summed E-state index contributed by atoms with van der Waals surface area (Å²) in [6, 6.07) is 15.4. The molecule has 0 amide bonds. The molecule has 0 unspecified atom stereocenters. The number of halogens is 1. The summed E-state index contributed by atoms with van der Waals surface area (Å²) in [5.41, 5.74) is 2.04. The largest absolute Gasteiger partial charge is 0.486 e. The molecule has 7 heteroatoms. The smallest absolute Gasteiger partial charge is 0.235 e. The van der Waals surface area contributed by atoms with Crippen molar-refractivity contribution in [2.24, 2.45) is 0 Å². The molecule has 0 bridgehead atoms. The van der Waals surface area contributed by atoms with Crippen LogP contribution in [0.3, 0.4) is 0 Å². The molecule has 0 aliphatic carbocycles. The Morgan fingerprint density at radius 2 is 2.00 bits per heavy atom. The predicted molar refractivity (Wildman–Crippen MR) is 94.6 cm³/mol. The second-order valence-electron chi connectivity index (χ2n) is 5.33. The van der Waals surface area contributed by atoms with Gasteiger partial charge < -0.3 is 4.74 Å². The topological polar surface area (TPSA) is 52.3 Å². The van der Waals surface area contributed by atoms with Crippen molar-refractivity contribution in [3.8, 4) is 17.1 Å². The van der Waals surface area contributed by atoms with Gasteiger partial charge in [0.15, 0.2) is 10.8 Å². The maximum atomic E-state index is 6.05. The maximum Gasteiger partial charge on any atom is 0.235 e. The summed E-state index contributed by atoms with van der Waals surface area (Å²) in [6.45, 7) is 2.43. The van der Waals surface area contributed by atoms with E-state index in [2.05, 4.69) is 15.3 Å². The summed E-state index contributed by atoms with van der Waals surface area (Å²) in [6.07, 6.45) is 0. The first kappa shape index (κ1) is 15.1. The Hall–Kier alpha value is -2.44. The van der Waals surface area contributed by atoms with Crippen LogP contribution in [-0.4, -0.2) is 19.8 Å². The van der Waals surface area contributed by atoms with Crippen LogP contribution in [0.1, 0.15) is 10.6 Å². The first-order valence-corrected chi connectivity index (χ1v) is 8.55. The molecule has 0 aliphatic rings. The number of ether oxygens (including phenoxy) is 1. The van der Waals surface area contributed by atoms with Gasteiger partial charge in [-0.2, -0.15) is 9.61 Å². The second kappa shape index (κ2) is 6.22. The van der Waals surface area contributed by atoms with E-state index >= 15 is 0 Å². The van der Waals surface area contributed by atoms with Crippen LogP contribution in [0.15, 0.2) is 48.5 Å². The monoisotopic (exact) mass is 356 g/mol. The zero-order valence-corrected chi connectivity index (χ0v) is 14.4. The number of nitrogens with zero attached hydrogens (tertiary/aromatic N) is 4. The van der Waals surface area contributed by atoms with E-state index in [0.717, 1.165) is 26.8 Å². The third kappa shape index (κ3) is 2.98. The van der Waals surface area contributed by atoms with E-state index in [0.29, 0.717) is 17.5 Å². The van der Waals surface area contributed by atoms with Crippen LogP contribution in [0.5, 0.6) is 5.75 Å². The van der Waals surface area contributed by atoms with Gasteiger partial charge in [-0.3, -0.25) is 0 Å². The van der Waals surface area contributed by atoms with Gasteiger partial charge in [-0.1, -0.05) is 47.2 Å². The summed E-state index contributed by atoms with van der Waals surface area (Å²) in [5, 5.41) is 14.4. The number of aromatic nitrogens is 4. The molecule has 0 fully saturated rings. The molecule has 0 saturated carbocycles. The predicted octanol–water partition coefficient (Wildman–Crippen LogP) is 4.39. The lowest BCUT2D eigenvalue weighted by Gasteiger charge is -2.04. The standard InChI is InChI=1S/C17H13ClN4OS/c1-11-4-2-7-14(8-11)23-10-15-21-22-16(19-20-17(22)24-15)12-5-3-6-13(18)9-12/h2-9H,10H2,1H3. The lowest BCUT2D eigenvalue weighted by Crippen LogP contribution is -1.97. The molecule has 5 nitrogen and oxygen atoms in total. The lowest BCUT2D eigenvalue weighted by molar-refractivity contribution is 0.304. The molecule has 4 rings (SSSR count). The highest BCUT2D eigenvalue weighted by atomic mass is 35.5. The normalized spacial score (nSPS) is 11.1. The number of hydrogen-bond acceptors (Lipinski definition) is 5. The van der Waals surface area contributed by atoms with Crippen molar-refractivity contribution in [3.63, 3.8) is 0 Å². The Morgan fingerprint density at radius 1 is 1.12 bits per heavy atom. The number of aryl methyl sites for hydroxylation is 1. The van der Waals surface area contributed by atoms with E-state index in [9.17, 15) is 0 Å². The van der Waals surface area contributed by atoms with Crippen molar-refractivity contribution in [2.75, 3.05) is 0 Å². The summed E-state index contributed by atoms with van der Waals surface area (Å²) in [5.74, 6) is 1.50. The van der Waals surface area contributed by atoms with Crippen LogP contribution in [0.25, 0.3) is 16.3 Å².